The molecule has 0 radical (unpaired) electrons. The number of benzene rings is 1. The Morgan fingerprint density at radius 1 is 1.50 bits per heavy atom. The Morgan fingerprint density at radius 3 is 2.83 bits per heavy atom. The summed E-state index contributed by atoms with van der Waals surface area (Å²) in [6.07, 6.45) is 2.08. The summed E-state index contributed by atoms with van der Waals surface area (Å²) >= 11 is 5.22. The molecule has 0 N–H and O–H groups in total. The van der Waals surface area contributed by atoms with Crippen LogP contribution in [0.5, 0.6) is 5.75 Å². The van der Waals surface area contributed by atoms with Gasteiger partial charge in [0.05, 0.1) is 7.11 Å². The molecule has 1 aromatic rings. The molecular weight excluding hydrogens is 236 g/mol. The van der Waals surface area contributed by atoms with Crippen LogP contribution in [0.4, 0.5) is 0 Å². The summed E-state index contributed by atoms with van der Waals surface area (Å²) in [5, 5.41) is 0. The summed E-state index contributed by atoms with van der Waals surface area (Å²) in [5.74, 6) is 1.95. The minimum Gasteiger partial charge on any atom is -0.496 e. The molecule has 12 heavy (non-hydrogen) atoms. The monoisotopic (exact) mass is 246 g/mol. The molecule has 0 aliphatic carbocycles. The van der Waals surface area contributed by atoms with E-state index in [9.17, 15) is 0 Å². The van der Waals surface area contributed by atoms with E-state index >= 15 is 0 Å². The van der Waals surface area contributed by atoms with Crippen LogP contribution in [0.3, 0.4) is 0 Å². The van der Waals surface area contributed by atoms with Gasteiger partial charge in [-0.3, -0.25) is 0 Å². The van der Waals surface area contributed by atoms with E-state index in [0.29, 0.717) is 0 Å². The van der Waals surface area contributed by atoms with E-state index in [-0.39, 0.29) is 0 Å². The van der Waals surface area contributed by atoms with Crippen molar-refractivity contribution in [2.45, 2.75) is 5.75 Å². The maximum Gasteiger partial charge on any atom is 0.122 e. The fourth-order valence-corrected chi connectivity index (χ4v) is 1.96. The summed E-state index contributed by atoms with van der Waals surface area (Å²) in [4.78, 5) is 0. The highest BCUT2D eigenvalue weighted by molar-refractivity contribution is 9.10. The minimum atomic E-state index is 0.965. The average Bonchev–Trinajstić information content (AvgIpc) is 2.05. The van der Waals surface area contributed by atoms with Crippen molar-refractivity contribution in [3.63, 3.8) is 0 Å². The third-order valence-corrected chi connectivity index (χ3v) is 2.64. The lowest BCUT2D eigenvalue weighted by Crippen LogP contribution is -1.89. The SMILES string of the molecule is COc1ccc(Br)cc1CSC. The predicted molar refractivity (Wildman–Crippen MR) is 57.9 cm³/mol. The molecule has 3 heteroatoms. The molecule has 0 heterocycles. The Kier molecular flexibility index (Phi) is 3.95. The van der Waals surface area contributed by atoms with Crippen LogP contribution in [0.15, 0.2) is 22.7 Å². The molecule has 0 amide bonds. The van der Waals surface area contributed by atoms with E-state index in [1.807, 2.05) is 12.1 Å². The normalized spacial score (nSPS) is 9.92. The quantitative estimate of drug-likeness (QED) is 0.810. The van der Waals surface area contributed by atoms with Crippen LogP contribution in [0.2, 0.25) is 0 Å². The zero-order valence-corrected chi connectivity index (χ0v) is 9.54. The highest BCUT2D eigenvalue weighted by Gasteiger charge is 2.01. The molecule has 0 unspecified atom stereocenters. The van der Waals surface area contributed by atoms with E-state index in [1.54, 1.807) is 18.9 Å². The maximum absolute atomic E-state index is 5.22. The number of halogens is 1. The lowest BCUT2D eigenvalue weighted by atomic mass is 10.2. The second-order valence-electron chi connectivity index (χ2n) is 2.39. The molecule has 1 rings (SSSR count). The fraction of sp³-hybridized carbons (Fsp3) is 0.333. The van der Waals surface area contributed by atoms with Crippen molar-refractivity contribution in [1.82, 2.24) is 0 Å². The van der Waals surface area contributed by atoms with E-state index in [4.69, 9.17) is 4.74 Å². The van der Waals surface area contributed by atoms with Crippen LogP contribution in [-0.4, -0.2) is 13.4 Å². The van der Waals surface area contributed by atoms with Gasteiger partial charge in [-0.2, -0.15) is 11.8 Å². The summed E-state index contributed by atoms with van der Waals surface area (Å²) in [5.41, 5.74) is 1.24. The van der Waals surface area contributed by atoms with E-state index < -0.39 is 0 Å². The van der Waals surface area contributed by atoms with Crippen LogP contribution in [-0.2, 0) is 5.75 Å². The van der Waals surface area contributed by atoms with Crippen LogP contribution >= 0.6 is 27.7 Å². The zero-order valence-electron chi connectivity index (χ0n) is 7.13. The first-order valence-electron chi connectivity index (χ1n) is 3.59. The molecule has 0 aromatic heterocycles. The molecule has 0 atom stereocenters. The summed E-state index contributed by atoms with van der Waals surface area (Å²) in [6, 6.07) is 6.06. The van der Waals surface area contributed by atoms with E-state index in [2.05, 4.69) is 28.3 Å². The minimum absolute atomic E-state index is 0.965. The molecule has 1 aromatic carbocycles. The topological polar surface area (TPSA) is 9.23 Å². The number of methoxy groups -OCH3 is 1. The zero-order chi connectivity index (χ0) is 8.97. The molecule has 0 saturated heterocycles. The van der Waals surface area contributed by atoms with Gasteiger partial charge in [-0.25, -0.2) is 0 Å². The van der Waals surface area contributed by atoms with Crippen molar-refractivity contribution >= 4 is 27.7 Å². The van der Waals surface area contributed by atoms with Gasteiger partial charge in [-0.15, -0.1) is 0 Å². The second kappa shape index (κ2) is 4.77. The van der Waals surface area contributed by atoms with Crippen molar-refractivity contribution in [3.8, 4) is 5.75 Å². The number of ether oxygens (including phenoxy) is 1. The molecule has 0 spiro atoms. The first kappa shape index (κ1) is 9.93. The number of hydrogen-bond acceptors (Lipinski definition) is 2. The summed E-state index contributed by atoms with van der Waals surface area (Å²) in [6.45, 7) is 0. The van der Waals surface area contributed by atoms with Gasteiger partial charge >= 0.3 is 0 Å². The highest BCUT2D eigenvalue weighted by atomic mass is 79.9. The Hall–Kier alpha value is -0.150. The van der Waals surface area contributed by atoms with Crippen LogP contribution in [0, 0.1) is 0 Å². The van der Waals surface area contributed by atoms with Gasteiger partial charge in [0.2, 0.25) is 0 Å². The van der Waals surface area contributed by atoms with Gasteiger partial charge in [0.25, 0.3) is 0 Å². The molecule has 0 fully saturated rings. The van der Waals surface area contributed by atoms with Crippen LogP contribution < -0.4 is 4.74 Å². The first-order chi connectivity index (χ1) is 5.77. The molecule has 0 bridgehead atoms. The van der Waals surface area contributed by atoms with Crippen molar-refractivity contribution in [2.75, 3.05) is 13.4 Å². The largest absolute Gasteiger partial charge is 0.496 e. The third-order valence-electron chi connectivity index (χ3n) is 1.54. The molecular formula is C9H11BrOS. The van der Waals surface area contributed by atoms with E-state index in [1.165, 1.54) is 5.56 Å². The third kappa shape index (κ3) is 2.42. The Labute approximate surface area is 85.6 Å². The Bertz CT molecular complexity index is 263. The molecule has 0 aliphatic rings. The van der Waals surface area contributed by atoms with Gasteiger partial charge in [-0.1, -0.05) is 15.9 Å². The fourth-order valence-electron chi connectivity index (χ4n) is 1.02. The summed E-state index contributed by atoms with van der Waals surface area (Å²) in [7, 11) is 1.70. The number of hydrogen-bond donors (Lipinski definition) is 0. The molecule has 0 aliphatic heterocycles. The molecule has 0 saturated carbocycles. The van der Waals surface area contributed by atoms with Crippen molar-refractivity contribution < 1.29 is 4.74 Å². The van der Waals surface area contributed by atoms with Gasteiger partial charge < -0.3 is 4.74 Å². The number of rotatable bonds is 3. The Balaban J connectivity index is 2.95. The molecule has 1 nitrogen and oxygen atoms in total. The van der Waals surface area contributed by atoms with Crippen molar-refractivity contribution in [1.29, 1.82) is 0 Å². The van der Waals surface area contributed by atoms with Crippen LogP contribution in [0.25, 0.3) is 0 Å². The standard InChI is InChI=1S/C9H11BrOS/c1-11-9-4-3-8(10)5-7(9)6-12-2/h3-5H,6H2,1-2H3. The van der Waals surface area contributed by atoms with Gasteiger partial charge in [0, 0.05) is 15.8 Å². The van der Waals surface area contributed by atoms with E-state index in [0.717, 1.165) is 16.0 Å². The summed E-state index contributed by atoms with van der Waals surface area (Å²) < 4.78 is 6.32. The van der Waals surface area contributed by atoms with Crippen molar-refractivity contribution in [3.05, 3.63) is 28.2 Å². The van der Waals surface area contributed by atoms with Crippen LogP contribution in [0.1, 0.15) is 5.56 Å². The Morgan fingerprint density at radius 2 is 2.25 bits per heavy atom. The lowest BCUT2D eigenvalue weighted by Gasteiger charge is -2.06. The number of thioether (sulfide) groups is 1. The second-order valence-corrected chi connectivity index (χ2v) is 4.17. The predicted octanol–water partition coefficient (Wildman–Crippen LogP) is 3.32. The van der Waals surface area contributed by atoms with Gasteiger partial charge in [-0.05, 0) is 24.5 Å². The smallest absolute Gasteiger partial charge is 0.122 e. The van der Waals surface area contributed by atoms with Crippen molar-refractivity contribution in [2.24, 2.45) is 0 Å². The maximum atomic E-state index is 5.22. The first-order valence-corrected chi connectivity index (χ1v) is 5.78. The molecule has 66 valence electrons. The average molecular weight is 247 g/mol. The van der Waals surface area contributed by atoms with Gasteiger partial charge in [0.15, 0.2) is 0 Å². The van der Waals surface area contributed by atoms with Gasteiger partial charge in [0.1, 0.15) is 5.75 Å². The lowest BCUT2D eigenvalue weighted by molar-refractivity contribution is 0.411. The highest BCUT2D eigenvalue weighted by Crippen LogP contribution is 2.25.